The van der Waals surface area contributed by atoms with Gasteiger partial charge in [-0.2, -0.15) is 0 Å². The van der Waals surface area contributed by atoms with Gasteiger partial charge in [-0.1, -0.05) is 107 Å². The topological polar surface area (TPSA) is 303 Å². The summed E-state index contributed by atoms with van der Waals surface area (Å²) in [7, 11) is -2.77. The SMILES string of the molecule is CC(C)C[C@H](NC(=O)[C@H](CCS(C)=O)NC(=O)[C@@H](NC(=O)[C@H](Cc1c[nH]c2ccccc12)NC(=O)[C@H](Cc1ccccc1)NC(=O)[C@H](Cc1ccccc1)NC(=O)[C@@H]1CCCN1)C(C)C)C(=O)N[C@@H](CCS(C)=O)C(=O)O. The average molecular weight is 1100 g/mol. The minimum atomic E-state index is -1.43. The lowest BCUT2D eigenvalue weighted by Gasteiger charge is -2.29. The molecule has 3 aromatic carbocycles. The van der Waals surface area contributed by atoms with Gasteiger partial charge in [0.05, 0.1) is 6.04 Å². The molecule has 418 valence electrons. The highest BCUT2D eigenvalue weighted by Gasteiger charge is 2.36. The third-order valence-corrected chi connectivity index (χ3v) is 14.8. The monoisotopic (exact) mass is 1100 g/mol. The van der Waals surface area contributed by atoms with E-state index in [4.69, 9.17) is 0 Å². The second-order valence-corrected chi connectivity index (χ2v) is 23.4. The summed E-state index contributed by atoms with van der Waals surface area (Å²) in [5.74, 6) is -7.05. The van der Waals surface area contributed by atoms with Crippen LogP contribution in [0.4, 0.5) is 0 Å². The number of rotatable bonds is 30. The van der Waals surface area contributed by atoms with Gasteiger partial charge in [0.2, 0.25) is 41.4 Å². The summed E-state index contributed by atoms with van der Waals surface area (Å²) >= 11 is 0. The second-order valence-electron chi connectivity index (χ2n) is 20.3. The van der Waals surface area contributed by atoms with Crippen LogP contribution in [0.1, 0.15) is 76.5 Å². The molecule has 22 heteroatoms. The number of aromatic nitrogens is 1. The zero-order valence-electron chi connectivity index (χ0n) is 44.6. The van der Waals surface area contributed by atoms with E-state index >= 15 is 0 Å². The highest BCUT2D eigenvalue weighted by atomic mass is 32.2. The van der Waals surface area contributed by atoms with Crippen molar-refractivity contribution in [2.75, 3.05) is 30.6 Å². The van der Waals surface area contributed by atoms with Gasteiger partial charge >= 0.3 is 5.97 Å². The summed E-state index contributed by atoms with van der Waals surface area (Å²) in [4.78, 5) is 115. The highest BCUT2D eigenvalue weighted by molar-refractivity contribution is 7.84. The van der Waals surface area contributed by atoms with Crippen LogP contribution in [-0.2, 0) is 79.2 Å². The molecule has 10 atom stereocenters. The summed E-state index contributed by atoms with van der Waals surface area (Å²) in [6.07, 6.45) is 5.81. The molecule has 0 spiro atoms. The van der Waals surface area contributed by atoms with E-state index in [2.05, 4.69) is 47.5 Å². The van der Waals surface area contributed by atoms with Crippen LogP contribution in [0.25, 0.3) is 10.9 Å². The maximum atomic E-state index is 14.8. The summed E-state index contributed by atoms with van der Waals surface area (Å²) < 4.78 is 24.1. The molecule has 1 fully saturated rings. The number of carboxylic acids is 1. The quantitative estimate of drug-likeness (QED) is 0.0357. The third kappa shape index (κ3) is 19.6. The Labute approximate surface area is 454 Å². The molecular weight excluding hydrogens is 1030 g/mol. The Bertz CT molecular complexity index is 2700. The van der Waals surface area contributed by atoms with Crippen LogP contribution < -0.4 is 42.5 Å². The fraction of sp³-hybridized carbons (Fsp3) is 0.491. The number of para-hydroxylation sites is 1. The van der Waals surface area contributed by atoms with Crippen molar-refractivity contribution >= 4 is 79.8 Å². The van der Waals surface area contributed by atoms with Crippen LogP contribution in [0, 0.1) is 11.8 Å². The van der Waals surface area contributed by atoms with E-state index in [0.29, 0.717) is 24.1 Å². The van der Waals surface area contributed by atoms with Gasteiger partial charge in [-0.05, 0) is 73.2 Å². The van der Waals surface area contributed by atoms with E-state index in [1.807, 2.05) is 60.7 Å². The van der Waals surface area contributed by atoms with Crippen molar-refractivity contribution < 1.29 is 51.9 Å². The van der Waals surface area contributed by atoms with Crippen molar-refractivity contribution in [1.82, 2.24) is 47.5 Å². The Morgan fingerprint density at radius 2 is 1.04 bits per heavy atom. The van der Waals surface area contributed by atoms with E-state index in [1.165, 1.54) is 12.5 Å². The van der Waals surface area contributed by atoms with Crippen LogP contribution in [0.2, 0.25) is 0 Å². The molecule has 0 saturated carbocycles. The Balaban J connectivity index is 1.42. The Morgan fingerprint density at radius 3 is 1.57 bits per heavy atom. The van der Waals surface area contributed by atoms with E-state index in [1.54, 1.807) is 58.2 Å². The van der Waals surface area contributed by atoms with E-state index in [-0.39, 0.29) is 61.9 Å². The van der Waals surface area contributed by atoms with Crippen LogP contribution in [-0.4, -0.2) is 145 Å². The number of hydrogen-bond donors (Lipinski definition) is 10. The molecule has 2 unspecified atom stereocenters. The summed E-state index contributed by atoms with van der Waals surface area (Å²) in [5.41, 5.74) is 2.89. The fourth-order valence-electron chi connectivity index (χ4n) is 8.96. The number of carbonyl (C=O) groups is 8. The average Bonchev–Trinajstić information content (AvgIpc) is 4.09. The van der Waals surface area contributed by atoms with Gasteiger partial charge in [0, 0.05) is 82.0 Å². The molecule has 1 saturated heterocycles. The maximum absolute atomic E-state index is 14.8. The zero-order valence-corrected chi connectivity index (χ0v) is 46.2. The highest BCUT2D eigenvalue weighted by Crippen LogP contribution is 2.20. The lowest BCUT2D eigenvalue weighted by atomic mass is 9.99. The molecule has 0 radical (unpaired) electrons. The van der Waals surface area contributed by atoms with Gasteiger partial charge in [-0.3, -0.25) is 42.0 Å². The predicted molar refractivity (Wildman–Crippen MR) is 296 cm³/mol. The number of fused-ring (bicyclic) bond motifs is 1. The normalized spacial score (nSPS) is 16.9. The number of carbonyl (C=O) groups excluding carboxylic acids is 7. The predicted octanol–water partition coefficient (Wildman–Crippen LogP) is 1.67. The molecule has 0 bridgehead atoms. The van der Waals surface area contributed by atoms with Gasteiger partial charge in [-0.25, -0.2) is 4.79 Å². The first-order valence-electron chi connectivity index (χ1n) is 26.0. The number of benzene rings is 3. The van der Waals surface area contributed by atoms with Crippen LogP contribution >= 0.6 is 0 Å². The molecule has 5 rings (SSSR count). The van der Waals surface area contributed by atoms with Gasteiger partial charge < -0.3 is 52.6 Å². The molecule has 7 amide bonds. The van der Waals surface area contributed by atoms with Crippen molar-refractivity contribution in [3.8, 4) is 0 Å². The number of carboxylic acid groups (broad SMARTS) is 1. The molecule has 10 N–H and O–H groups in total. The van der Waals surface area contributed by atoms with Crippen molar-refractivity contribution in [3.05, 3.63) is 108 Å². The van der Waals surface area contributed by atoms with Gasteiger partial charge in [0.25, 0.3) is 0 Å². The first-order chi connectivity index (χ1) is 36.7. The van der Waals surface area contributed by atoms with Crippen LogP contribution in [0.15, 0.2) is 91.1 Å². The Morgan fingerprint density at radius 1 is 0.571 bits per heavy atom. The molecule has 1 aromatic heterocycles. The smallest absolute Gasteiger partial charge is 0.326 e. The number of amides is 7. The number of hydrogen-bond acceptors (Lipinski definition) is 11. The summed E-state index contributed by atoms with van der Waals surface area (Å²) in [6, 6.07) is 16.0. The van der Waals surface area contributed by atoms with Crippen molar-refractivity contribution in [2.45, 2.75) is 127 Å². The van der Waals surface area contributed by atoms with E-state index in [0.717, 1.165) is 22.9 Å². The Hall–Kier alpha value is -6.78. The largest absolute Gasteiger partial charge is 0.480 e. The number of nitrogens with one attached hydrogen (secondary N) is 9. The van der Waals surface area contributed by atoms with E-state index in [9.17, 15) is 51.9 Å². The Kier molecular flexibility index (Phi) is 24.0. The maximum Gasteiger partial charge on any atom is 0.326 e. The second kappa shape index (κ2) is 30.2. The van der Waals surface area contributed by atoms with Crippen molar-refractivity contribution in [3.63, 3.8) is 0 Å². The number of H-pyrrole nitrogens is 1. The van der Waals surface area contributed by atoms with E-state index < -0.39 is 117 Å². The first-order valence-corrected chi connectivity index (χ1v) is 29.5. The minimum absolute atomic E-state index is 0.000140. The molecule has 1 aliphatic heterocycles. The lowest BCUT2D eigenvalue weighted by molar-refractivity contribution is -0.142. The number of aliphatic carboxylic acids is 1. The van der Waals surface area contributed by atoms with Crippen molar-refractivity contribution in [2.24, 2.45) is 11.8 Å². The minimum Gasteiger partial charge on any atom is -0.480 e. The lowest BCUT2D eigenvalue weighted by Crippen LogP contribution is -2.61. The molecule has 2 heterocycles. The molecule has 4 aromatic rings. The number of aromatic amines is 1. The van der Waals surface area contributed by atoms with Gasteiger partial charge in [-0.15, -0.1) is 0 Å². The molecule has 0 aliphatic carbocycles. The van der Waals surface area contributed by atoms with Gasteiger partial charge in [0.1, 0.15) is 42.3 Å². The molecule has 20 nitrogen and oxygen atoms in total. The zero-order chi connectivity index (χ0) is 56.2. The molecular formula is C55H75N9O11S2. The van der Waals surface area contributed by atoms with Crippen LogP contribution in [0.3, 0.4) is 0 Å². The summed E-state index contributed by atoms with van der Waals surface area (Å²) in [5, 5.41) is 33.0. The standard InChI is InChI=1S/C55H75N9O11S2/c1-33(2)28-43(50(67)59-42(55(72)73)24-27-77(6)75)60-49(66)41(23-26-76(5)74)58-54(71)47(34(3)4)64-53(70)46(31-37-32-57-39-21-14-13-20-38(37)39)63-52(69)45(30-36-18-11-8-12-19-36)62-51(68)44(29-35-16-9-7-10-17-35)61-48(65)40-22-15-25-56-40/h7-14,16-21,32-34,40-47,56-57H,15,22-31H2,1-6H3,(H,58,71)(H,59,67)(H,60,66)(H,61,65)(H,62,68)(H,63,69)(H,64,70)(H,72,73)/t40-,41-,42-,43-,44-,45-,46-,47-,76?,77?/m0/s1. The van der Waals surface area contributed by atoms with Gasteiger partial charge in [0.15, 0.2) is 0 Å². The molecule has 1 aliphatic rings. The van der Waals surface area contributed by atoms with Crippen molar-refractivity contribution in [1.29, 1.82) is 0 Å². The molecule has 77 heavy (non-hydrogen) atoms. The summed E-state index contributed by atoms with van der Waals surface area (Å²) in [6.45, 7) is 7.59. The first kappa shape index (κ1) is 61.1. The third-order valence-electron chi connectivity index (χ3n) is 13.2. The van der Waals surface area contributed by atoms with Crippen LogP contribution in [0.5, 0.6) is 0 Å². The fourth-order valence-corrected chi connectivity index (χ4v) is 10.1.